The molecule has 0 radical (unpaired) electrons. The Kier molecular flexibility index (Phi) is 2.91. The van der Waals surface area contributed by atoms with Crippen LogP contribution in [-0.4, -0.2) is 16.7 Å². The molecule has 2 N–H and O–H groups in total. The largest absolute Gasteiger partial charge is 0.421 e. The molecule has 4 nitrogen and oxygen atoms in total. The molecule has 1 heterocycles. The van der Waals surface area contributed by atoms with Crippen LogP contribution < -0.4 is 5.73 Å². The van der Waals surface area contributed by atoms with E-state index >= 15 is 0 Å². The summed E-state index contributed by atoms with van der Waals surface area (Å²) in [6.45, 7) is 0.354. The zero-order valence-electron chi connectivity index (χ0n) is 8.28. The van der Waals surface area contributed by atoms with Gasteiger partial charge in [-0.1, -0.05) is 0 Å². The molecule has 0 aliphatic heterocycles. The van der Waals surface area contributed by atoms with Gasteiger partial charge in [-0.25, -0.2) is 8.78 Å². The van der Waals surface area contributed by atoms with Gasteiger partial charge < -0.3 is 10.2 Å². The van der Waals surface area contributed by atoms with Gasteiger partial charge in [0.25, 0.3) is 5.89 Å². The molecule has 0 spiro atoms. The first kappa shape index (κ1) is 10.7. The molecule has 84 valence electrons. The molecule has 16 heavy (non-hydrogen) atoms. The van der Waals surface area contributed by atoms with E-state index in [1.54, 1.807) is 0 Å². The number of hydrogen-bond donors (Lipinski definition) is 1. The van der Waals surface area contributed by atoms with Crippen LogP contribution in [0.3, 0.4) is 0 Å². The number of nitrogens with two attached hydrogens (primary N) is 1. The second kappa shape index (κ2) is 4.36. The van der Waals surface area contributed by atoms with E-state index in [1.807, 2.05) is 0 Å². The third-order valence-corrected chi connectivity index (χ3v) is 1.98. The normalized spacial score (nSPS) is 10.7. The molecule has 0 saturated carbocycles. The summed E-state index contributed by atoms with van der Waals surface area (Å²) >= 11 is 0. The first-order valence-corrected chi connectivity index (χ1v) is 4.68. The average Bonchev–Trinajstić information content (AvgIpc) is 2.71. The van der Waals surface area contributed by atoms with Gasteiger partial charge in [-0.05, 0) is 18.2 Å². The molecule has 6 heteroatoms. The lowest BCUT2D eigenvalue weighted by Gasteiger charge is -1.97. The molecule has 0 bridgehead atoms. The van der Waals surface area contributed by atoms with Crippen molar-refractivity contribution in [3.63, 3.8) is 0 Å². The number of hydrogen-bond acceptors (Lipinski definition) is 4. The van der Waals surface area contributed by atoms with Crippen molar-refractivity contribution in [1.82, 2.24) is 10.2 Å². The van der Waals surface area contributed by atoms with Crippen LogP contribution in [0.2, 0.25) is 0 Å². The maximum absolute atomic E-state index is 13.3. The Morgan fingerprint density at radius 2 is 2.06 bits per heavy atom. The number of halogens is 2. The summed E-state index contributed by atoms with van der Waals surface area (Å²) in [6.07, 6.45) is 0.407. The van der Waals surface area contributed by atoms with Crippen molar-refractivity contribution in [1.29, 1.82) is 0 Å². The molecule has 1 aromatic heterocycles. The van der Waals surface area contributed by atoms with Crippen molar-refractivity contribution in [3.8, 4) is 11.5 Å². The van der Waals surface area contributed by atoms with Gasteiger partial charge in [-0.15, -0.1) is 10.2 Å². The lowest BCUT2D eigenvalue weighted by Crippen LogP contribution is -2.02. The monoisotopic (exact) mass is 225 g/mol. The summed E-state index contributed by atoms with van der Waals surface area (Å²) in [7, 11) is 0. The number of rotatable bonds is 3. The highest BCUT2D eigenvalue weighted by molar-refractivity contribution is 5.53. The molecule has 0 aliphatic carbocycles. The van der Waals surface area contributed by atoms with Crippen LogP contribution in [0.5, 0.6) is 0 Å². The predicted molar refractivity (Wildman–Crippen MR) is 52.4 cm³/mol. The zero-order chi connectivity index (χ0) is 11.5. The van der Waals surface area contributed by atoms with Crippen molar-refractivity contribution < 1.29 is 13.2 Å². The molecule has 0 atom stereocenters. The van der Waals surface area contributed by atoms with Crippen LogP contribution in [-0.2, 0) is 6.42 Å². The fourth-order valence-electron chi connectivity index (χ4n) is 1.25. The molecule has 1 aromatic carbocycles. The van der Waals surface area contributed by atoms with Gasteiger partial charge in [-0.2, -0.15) is 0 Å². The Hall–Kier alpha value is -1.82. The Bertz CT molecular complexity index is 499. The van der Waals surface area contributed by atoms with Gasteiger partial charge in [0.1, 0.15) is 11.6 Å². The van der Waals surface area contributed by atoms with Crippen LogP contribution in [0.15, 0.2) is 22.6 Å². The molecular weight excluding hydrogens is 216 g/mol. The molecule has 0 fully saturated rings. The van der Waals surface area contributed by atoms with E-state index in [0.717, 1.165) is 18.2 Å². The summed E-state index contributed by atoms with van der Waals surface area (Å²) in [4.78, 5) is 0. The molecule has 0 saturated heterocycles. The van der Waals surface area contributed by atoms with E-state index in [0.29, 0.717) is 18.9 Å². The third-order valence-electron chi connectivity index (χ3n) is 1.98. The van der Waals surface area contributed by atoms with Crippen molar-refractivity contribution in [2.45, 2.75) is 6.42 Å². The molecule has 0 unspecified atom stereocenters. The van der Waals surface area contributed by atoms with Crippen molar-refractivity contribution >= 4 is 0 Å². The standard InChI is InChI=1S/C10H9F2N3O/c11-6-1-2-8(12)7(5-6)10-15-14-9(16-10)3-4-13/h1-2,5H,3-4,13H2. The molecule has 0 aliphatic rings. The Balaban J connectivity index is 2.38. The van der Waals surface area contributed by atoms with Crippen molar-refractivity contribution in [2.24, 2.45) is 5.73 Å². The smallest absolute Gasteiger partial charge is 0.250 e. The first-order valence-electron chi connectivity index (χ1n) is 4.68. The van der Waals surface area contributed by atoms with Gasteiger partial charge in [0.05, 0.1) is 5.56 Å². The molecule has 0 amide bonds. The second-order valence-electron chi connectivity index (χ2n) is 3.16. The topological polar surface area (TPSA) is 64.9 Å². The summed E-state index contributed by atoms with van der Waals surface area (Å²) in [5, 5.41) is 7.30. The Morgan fingerprint density at radius 3 is 2.81 bits per heavy atom. The molecule has 2 aromatic rings. The minimum absolute atomic E-state index is 0.0412. The lowest BCUT2D eigenvalue weighted by atomic mass is 10.2. The predicted octanol–water partition coefficient (Wildman–Crippen LogP) is 1.52. The van der Waals surface area contributed by atoms with Gasteiger partial charge in [0, 0.05) is 13.0 Å². The molecule has 2 rings (SSSR count). The van der Waals surface area contributed by atoms with E-state index in [1.165, 1.54) is 0 Å². The highest BCUT2D eigenvalue weighted by Crippen LogP contribution is 2.22. The van der Waals surface area contributed by atoms with E-state index in [-0.39, 0.29) is 11.5 Å². The van der Waals surface area contributed by atoms with E-state index < -0.39 is 11.6 Å². The minimum Gasteiger partial charge on any atom is -0.421 e. The summed E-state index contributed by atoms with van der Waals surface area (Å²) < 4.78 is 31.4. The van der Waals surface area contributed by atoms with Crippen LogP contribution in [0.4, 0.5) is 8.78 Å². The Morgan fingerprint density at radius 1 is 1.25 bits per heavy atom. The lowest BCUT2D eigenvalue weighted by molar-refractivity contribution is 0.501. The average molecular weight is 225 g/mol. The summed E-state index contributed by atoms with van der Waals surface area (Å²) in [5.41, 5.74) is 5.26. The maximum Gasteiger partial charge on any atom is 0.250 e. The van der Waals surface area contributed by atoms with Crippen LogP contribution >= 0.6 is 0 Å². The van der Waals surface area contributed by atoms with Crippen LogP contribution in [0.1, 0.15) is 5.89 Å². The number of benzene rings is 1. The third kappa shape index (κ3) is 2.06. The van der Waals surface area contributed by atoms with Gasteiger partial charge in [0.15, 0.2) is 0 Å². The summed E-state index contributed by atoms with van der Waals surface area (Å²) in [5.74, 6) is -0.902. The quantitative estimate of drug-likeness (QED) is 0.860. The van der Waals surface area contributed by atoms with Crippen LogP contribution in [0.25, 0.3) is 11.5 Å². The fraction of sp³-hybridized carbons (Fsp3) is 0.200. The number of aromatic nitrogens is 2. The highest BCUT2D eigenvalue weighted by Gasteiger charge is 2.13. The zero-order valence-corrected chi connectivity index (χ0v) is 8.28. The highest BCUT2D eigenvalue weighted by atomic mass is 19.1. The molecular formula is C10H9F2N3O. The van der Waals surface area contributed by atoms with Gasteiger partial charge >= 0.3 is 0 Å². The second-order valence-corrected chi connectivity index (χ2v) is 3.16. The van der Waals surface area contributed by atoms with Gasteiger partial charge in [0.2, 0.25) is 5.89 Å². The van der Waals surface area contributed by atoms with Crippen molar-refractivity contribution in [3.05, 3.63) is 35.7 Å². The van der Waals surface area contributed by atoms with Crippen LogP contribution in [0, 0.1) is 11.6 Å². The van der Waals surface area contributed by atoms with E-state index in [2.05, 4.69) is 10.2 Å². The minimum atomic E-state index is -0.607. The van der Waals surface area contributed by atoms with E-state index in [9.17, 15) is 8.78 Å². The van der Waals surface area contributed by atoms with Crippen molar-refractivity contribution in [2.75, 3.05) is 6.54 Å². The van der Waals surface area contributed by atoms with E-state index in [4.69, 9.17) is 10.2 Å². The van der Waals surface area contributed by atoms with Gasteiger partial charge in [-0.3, -0.25) is 0 Å². The fourth-order valence-corrected chi connectivity index (χ4v) is 1.25. The summed E-state index contributed by atoms with van der Waals surface area (Å²) in [6, 6.07) is 3.04. The number of nitrogens with zero attached hydrogens (tertiary/aromatic N) is 2. The Labute approximate surface area is 90.1 Å². The maximum atomic E-state index is 13.3. The first-order chi connectivity index (χ1) is 7.70. The SMILES string of the molecule is NCCc1nnc(-c2cc(F)ccc2F)o1.